The molecule has 2 aromatic heterocycles. The molecule has 3 aromatic rings. The van der Waals surface area contributed by atoms with Gasteiger partial charge in [0.05, 0.1) is 0 Å². The summed E-state index contributed by atoms with van der Waals surface area (Å²) in [4.78, 5) is 1.34. The summed E-state index contributed by atoms with van der Waals surface area (Å²) < 4.78 is 2.30. The zero-order valence-electron chi connectivity index (χ0n) is 13.7. The molecule has 0 saturated heterocycles. The van der Waals surface area contributed by atoms with Crippen LogP contribution in [0.5, 0.6) is 0 Å². The van der Waals surface area contributed by atoms with Crippen LogP contribution in [0, 0.1) is 0 Å². The van der Waals surface area contributed by atoms with Crippen molar-refractivity contribution in [3.05, 3.63) is 64.1 Å². The monoisotopic (exact) mass is 375 g/mol. The predicted octanol–water partition coefficient (Wildman–Crippen LogP) is 4.98. The van der Waals surface area contributed by atoms with Gasteiger partial charge in [-0.05, 0) is 29.2 Å². The number of thioether (sulfide) groups is 2. The SMILES string of the molecule is CCSCSc1nnc(Cc2cccs2)n1CCc1ccccc1. The van der Waals surface area contributed by atoms with E-state index in [1.165, 1.54) is 10.4 Å². The lowest BCUT2D eigenvalue weighted by molar-refractivity contribution is 0.610. The van der Waals surface area contributed by atoms with Gasteiger partial charge in [0.15, 0.2) is 5.16 Å². The maximum Gasteiger partial charge on any atom is 0.192 e. The summed E-state index contributed by atoms with van der Waals surface area (Å²) in [5, 5.41) is 13.1. The molecule has 6 heteroatoms. The van der Waals surface area contributed by atoms with E-state index in [9.17, 15) is 0 Å². The van der Waals surface area contributed by atoms with Crippen LogP contribution >= 0.6 is 34.9 Å². The van der Waals surface area contributed by atoms with E-state index in [2.05, 4.69) is 69.5 Å². The van der Waals surface area contributed by atoms with Crippen LogP contribution in [0.4, 0.5) is 0 Å². The lowest BCUT2D eigenvalue weighted by Crippen LogP contribution is -2.08. The average molecular weight is 376 g/mol. The second-order valence-corrected chi connectivity index (χ2v) is 8.91. The van der Waals surface area contributed by atoms with Crippen molar-refractivity contribution < 1.29 is 0 Å². The molecule has 3 nitrogen and oxygen atoms in total. The van der Waals surface area contributed by atoms with Crippen molar-refractivity contribution >= 4 is 34.9 Å². The van der Waals surface area contributed by atoms with Crippen molar-refractivity contribution in [2.45, 2.75) is 31.5 Å². The Morgan fingerprint density at radius 1 is 1.08 bits per heavy atom. The van der Waals surface area contributed by atoms with Crippen LogP contribution in [0.2, 0.25) is 0 Å². The highest BCUT2D eigenvalue weighted by Crippen LogP contribution is 2.24. The topological polar surface area (TPSA) is 30.7 Å². The van der Waals surface area contributed by atoms with E-state index in [0.717, 1.165) is 41.2 Å². The number of hydrogen-bond acceptors (Lipinski definition) is 5. The van der Waals surface area contributed by atoms with Gasteiger partial charge in [-0.15, -0.1) is 21.5 Å². The van der Waals surface area contributed by atoms with Crippen molar-refractivity contribution in [1.82, 2.24) is 14.8 Å². The third-order valence-electron chi connectivity index (χ3n) is 3.65. The molecule has 0 aliphatic heterocycles. The van der Waals surface area contributed by atoms with Gasteiger partial charge in [0.2, 0.25) is 0 Å². The molecule has 0 radical (unpaired) electrons. The number of hydrogen-bond donors (Lipinski definition) is 0. The second-order valence-electron chi connectivity index (χ2n) is 5.30. The lowest BCUT2D eigenvalue weighted by atomic mass is 10.1. The minimum Gasteiger partial charge on any atom is -0.305 e. The molecule has 0 aliphatic carbocycles. The lowest BCUT2D eigenvalue weighted by Gasteiger charge is -2.10. The molecule has 0 saturated carbocycles. The molecule has 126 valence electrons. The van der Waals surface area contributed by atoms with Crippen LogP contribution in [0.1, 0.15) is 23.2 Å². The quantitative estimate of drug-likeness (QED) is 0.300. The second kappa shape index (κ2) is 9.30. The summed E-state index contributed by atoms with van der Waals surface area (Å²) in [5.41, 5.74) is 1.35. The first-order chi connectivity index (χ1) is 11.9. The van der Waals surface area contributed by atoms with Gasteiger partial charge in [0.25, 0.3) is 0 Å². The molecule has 0 bridgehead atoms. The number of thiophene rings is 1. The van der Waals surface area contributed by atoms with Crippen molar-refractivity contribution in [3.8, 4) is 0 Å². The van der Waals surface area contributed by atoms with Crippen molar-refractivity contribution in [1.29, 1.82) is 0 Å². The highest BCUT2D eigenvalue weighted by atomic mass is 32.2. The molecule has 24 heavy (non-hydrogen) atoms. The van der Waals surface area contributed by atoms with Crippen molar-refractivity contribution in [2.75, 3.05) is 10.8 Å². The number of benzene rings is 1. The fourth-order valence-corrected chi connectivity index (χ4v) is 4.99. The van der Waals surface area contributed by atoms with E-state index in [1.807, 2.05) is 11.8 Å². The molecule has 0 unspecified atom stereocenters. The number of aromatic nitrogens is 3. The summed E-state index contributed by atoms with van der Waals surface area (Å²) >= 11 is 5.50. The van der Waals surface area contributed by atoms with Gasteiger partial charge in [0, 0.05) is 22.9 Å². The van der Waals surface area contributed by atoms with E-state index < -0.39 is 0 Å². The maximum atomic E-state index is 4.47. The zero-order chi connectivity index (χ0) is 16.6. The molecule has 3 rings (SSSR count). The highest BCUT2D eigenvalue weighted by molar-refractivity contribution is 8.15. The summed E-state index contributed by atoms with van der Waals surface area (Å²) in [6.07, 6.45) is 1.87. The first-order valence-corrected chi connectivity index (χ1v) is 11.1. The third-order valence-corrected chi connectivity index (χ3v) is 6.63. The molecular weight excluding hydrogens is 354 g/mol. The Hall–Kier alpha value is -1.24. The van der Waals surface area contributed by atoms with Gasteiger partial charge in [-0.25, -0.2) is 0 Å². The Morgan fingerprint density at radius 2 is 1.96 bits per heavy atom. The van der Waals surface area contributed by atoms with Crippen LogP contribution in [0.3, 0.4) is 0 Å². The van der Waals surface area contributed by atoms with E-state index in [-0.39, 0.29) is 0 Å². The van der Waals surface area contributed by atoms with E-state index >= 15 is 0 Å². The van der Waals surface area contributed by atoms with Gasteiger partial charge in [0.1, 0.15) is 5.82 Å². The zero-order valence-corrected chi connectivity index (χ0v) is 16.2. The Bertz CT molecular complexity index is 723. The summed E-state index contributed by atoms with van der Waals surface area (Å²) in [6.45, 7) is 3.12. The van der Waals surface area contributed by atoms with Gasteiger partial charge < -0.3 is 4.57 Å². The molecule has 0 atom stereocenters. The van der Waals surface area contributed by atoms with Crippen LogP contribution in [0.15, 0.2) is 53.0 Å². The molecule has 0 spiro atoms. The summed E-state index contributed by atoms with van der Waals surface area (Å²) in [6, 6.07) is 14.9. The maximum absolute atomic E-state index is 4.47. The first-order valence-electron chi connectivity index (χ1n) is 8.05. The number of rotatable bonds is 9. The average Bonchev–Trinajstić information content (AvgIpc) is 3.25. The van der Waals surface area contributed by atoms with Crippen molar-refractivity contribution in [3.63, 3.8) is 0 Å². The third kappa shape index (κ3) is 4.88. The molecule has 2 heterocycles. The Morgan fingerprint density at radius 3 is 2.71 bits per heavy atom. The van der Waals surface area contributed by atoms with E-state index in [4.69, 9.17) is 0 Å². The molecule has 0 N–H and O–H groups in total. The largest absolute Gasteiger partial charge is 0.305 e. The predicted molar refractivity (Wildman–Crippen MR) is 106 cm³/mol. The highest BCUT2D eigenvalue weighted by Gasteiger charge is 2.13. The number of nitrogens with zero attached hydrogens (tertiary/aromatic N) is 3. The molecular formula is C18H21N3S3. The standard InChI is InChI=1S/C18H21N3S3/c1-2-22-14-24-18-20-19-17(13-16-9-6-12-23-16)21(18)11-10-15-7-4-3-5-8-15/h3-9,12H,2,10-11,13-14H2,1H3. The fourth-order valence-electron chi connectivity index (χ4n) is 2.41. The van der Waals surface area contributed by atoms with Gasteiger partial charge in [-0.1, -0.05) is 55.1 Å². The van der Waals surface area contributed by atoms with Crippen LogP contribution < -0.4 is 0 Å². The molecule has 0 amide bonds. The summed E-state index contributed by atoms with van der Waals surface area (Å²) in [5.74, 6) is 2.20. The fraction of sp³-hybridized carbons (Fsp3) is 0.333. The molecule has 1 aromatic carbocycles. The summed E-state index contributed by atoms with van der Waals surface area (Å²) in [7, 11) is 0. The molecule has 0 aliphatic rings. The van der Waals surface area contributed by atoms with Crippen LogP contribution in [-0.2, 0) is 19.4 Å². The smallest absolute Gasteiger partial charge is 0.192 e. The Kier molecular flexibility index (Phi) is 6.81. The van der Waals surface area contributed by atoms with E-state index in [1.54, 1.807) is 23.1 Å². The Labute approximate surface area is 155 Å². The minimum absolute atomic E-state index is 0.862. The van der Waals surface area contributed by atoms with Crippen molar-refractivity contribution in [2.24, 2.45) is 0 Å². The first kappa shape index (κ1) is 17.6. The number of aryl methyl sites for hydroxylation is 1. The van der Waals surface area contributed by atoms with Gasteiger partial charge >= 0.3 is 0 Å². The van der Waals surface area contributed by atoms with Gasteiger partial charge in [-0.2, -0.15) is 11.8 Å². The minimum atomic E-state index is 0.862. The normalized spacial score (nSPS) is 11.0. The molecule has 0 fully saturated rings. The van der Waals surface area contributed by atoms with Crippen LogP contribution in [-0.4, -0.2) is 25.6 Å². The Balaban J connectivity index is 1.74. The van der Waals surface area contributed by atoms with Crippen LogP contribution in [0.25, 0.3) is 0 Å². The van der Waals surface area contributed by atoms with E-state index in [0.29, 0.717) is 0 Å². The van der Waals surface area contributed by atoms with Gasteiger partial charge in [-0.3, -0.25) is 0 Å².